The minimum Gasteiger partial charge on any atom is -0.482 e. The molecule has 0 N–H and O–H groups in total. The molecule has 2 rings (SSSR count). The normalized spacial score (nSPS) is 10.1. The lowest BCUT2D eigenvalue weighted by Crippen LogP contribution is -2.18. The molecule has 7 heteroatoms. The smallest absolute Gasteiger partial charge is 0.349 e. The van der Waals surface area contributed by atoms with Gasteiger partial charge in [-0.2, -0.15) is 0 Å². The highest BCUT2D eigenvalue weighted by Crippen LogP contribution is 2.25. The standard InChI is InChI=1S/C15H12ClNO5/c1-10-8-11(17(19)20)6-7-13(10)21-9-15(18)22-14-5-3-2-4-12(14)16/h2-8H,9H2,1H3. The Bertz CT molecular complexity index is 717. The van der Waals surface area contributed by atoms with Gasteiger partial charge in [0.05, 0.1) is 9.95 Å². The van der Waals surface area contributed by atoms with Crippen LogP contribution in [0.2, 0.25) is 5.02 Å². The number of benzene rings is 2. The van der Waals surface area contributed by atoms with Crippen LogP contribution in [0.4, 0.5) is 5.69 Å². The van der Waals surface area contributed by atoms with E-state index in [2.05, 4.69) is 0 Å². The van der Waals surface area contributed by atoms with Crippen LogP contribution in [-0.4, -0.2) is 17.5 Å². The summed E-state index contributed by atoms with van der Waals surface area (Å²) in [6, 6.07) is 10.7. The average molecular weight is 322 g/mol. The second-order valence-electron chi connectivity index (χ2n) is 4.40. The van der Waals surface area contributed by atoms with E-state index in [1.54, 1.807) is 31.2 Å². The monoisotopic (exact) mass is 321 g/mol. The Kier molecular flexibility index (Phi) is 4.95. The van der Waals surface area contributed by atoms with Gasteiger partial charge in [0.2, 0.25) is 0 Å². The predicted octanol–water partition coefficient (Wildman–Crippen LogP) is 3.54. The van der Waals surface area contributed by atoms with Crippen molar-refractivity contribution in [3.05, 3.63) is 63.2 Å². The van der Waals surface area contributed by atoms with Gasteiger partial charge in [0.25, 0.3) is 5.69 Å². The minimum absolute atomic E-state index is 0.0384. The minimum atomic E-state index is -0.620. The molecule has 6 nitrogen and oxygen atoms in total. The highest BCUT2D eigenvalue weighted by atomic mass is 35.5. The lowest BCUT2D eigenvalue weighted by Gasteiger charge is -2.09. The van der Waals surface area contributed by atoms with Crippen molar-refractivity contribution < 1.29 is 19.2 Å². The van der Waals surface area contributed by atoms with Crippen LogP contribution < -0.4 is 9.47 Å². The summed E-state index contributed by atoms with van der Waals surface area (Å²) in [7, 11) is 0. The van der Waals surface area contributed by atoms with Crippen LogP contribution in [-0.2, 0) is 4.79 Å². The van der Waals surface area contributed by atoms with Crippen molar-refractivity contribution >= 4 is 23.3 Å². The van der Waals surface area contributed by atoms with Crippen LogP contribution in [0.3, 0.4) is 0 Å². The Morgan fingerprint density at radius 3 is 2.59 bits per heavy atom. The van der Waals surface area contributed by atoms with Crippen molar-refractivity contribution in [1.29, 1.82) is 0 Å². The Morgan fingerprint density at radius 2 is 1.95 bits per heavy atom. The lowest BCUT2D eigenvalue weighted by molar-refractivity contribution is -0.384. The number of halogens is 1. The van der Waals surface area contributed by atoms with Crippen molar-refractivity contribution in [2.75, 3.05) is 6.61 Å². The SMILES string of the molecule is Cc1cc([N+](=O)[O-])ccc1OCC(=O)Oc1ccccc1Cl. The zero-order valence-electron chi connectivity index (χ0n) is 11.6. The molecule has 0 atom stereocenters. The maximum Gasteiger partial charge on any atom is 0.349 e. The molecular formula is C15H12ClNO5. The molecule has 0 bridgehead atoms. The lowest BCUT2D eigenvalue weighted by atomic mass is 10.2. The van der Waals surface area contributed by atoms with Crippen molar-refractivity contribution in [1.82, 2.24) is 0 Å². The topological polar surface area (TPSA) is 78.7 Å². The number of aryl methyl sites for hydroxylation is 1. The van der Waals surface area contributed by atoms with Crippen LogP contribution in [0.15, 0.2) is 42.5 Å². The first-order chi connectivity index (χ1) is 10.5. The molecule has 0 saturated carbocycles. The Labute approximate surface area is 131 Å². The fraction of sp³-hybridized carbons (Fsp3) is 0.133. The van der Waals surface area contributed by atoms with E-state index in [1.807, 2.05) is 0 Å². The van der Waals surface area contributed by atoms with E-state index in [9.17, 15) is 14.9 Å². The molecule has 0 fully saturated rings. The fourth-order valence-corrected chi connectivity index (χ4v) is 1.90. The molecule has 22 heavy (non-hydrogen) atoms. The van der Waals surface area contributed by atoms with Crippen LogP contribution in [0.1, 0.15) is 5.56 Å². The number of nitrogens with zero attached hydrogens (tertiary/aromatic N) is 1. The summed E-state index contributed by atoms with van der Waals surface area (Å²) in [5, 5.41) is 11.0. The summed E-state index contributed by atoms with van der Waals surface area (Å²) in [6.07, 6.45) is 0. The number of ether oxygens (including phenoxy) is 2. The molecule has 2 aromatic rings. The van der Waals surface area contributed by atoms with Crippen molar-refractivity contribution in [2.45, 2.75) is 6.92 Å². The number of nitro benzene ring substituents is 1. The molecule has 0 unspecified atom stereocenters. The second-order valence-corrected chi connectivity index (χ2v) is 4.81. The van der Waals surface area contributed by atoms with Crippen molar-refractivity contribution in [3.8, 4) is 11.5 Å². The van der Waals surface area contributed by atoms with E-state index in [-0.39, 0.29) is 18.0 Å². The van der Waals surface area contributed by atoms with Gasteiger partial charge in [-0.05, 0) is 30.7 Å². The quantitative estimate of drug-likeness (QED) is 0.364. The van der Waals surface area contributed by atoms with Crippen LogP contribution in [0, 0.1) is 17.0 Å². The highest BCUT2D eigenvalue weighted by molar-refractivity contribution is 6.32. The Hall–Kier alpha value is -2.60. The maximum absolute atomic E-state index is 11.7. The maximum atomic E-state index is 11.7. The molecule has 0 radical (unpaired) electrons. The molecule has 0 aliphatic carbocycles. The molecule has 2 aromatic carbocycles. The number of non-ortho nitro benzene ring substituents is 1. The predicted molar refractivity (Wildman–Crippen MR) is 80.4 cm³/mol. The summed E-state index contributed by atoms with van der Waals surface area (Å²) < 4.78 is 10.4. The molecule has 0 aliphatic rings. The van der Waals surface area contributed by atoms with Gasteiger partial charge in [0.15, 0.2) is 6.61 Å². The molecule has 0 saturated heterocycles. The molecule has 114 valence electrons. The summed E-state index contributed by atoms with van der Waals surface area (Å²) in [5.74, 6) is 0.00532. The number of nitro groups is 1. The Morgan fingerprint density at radius 1 is 1.23 bits per heavy atom. The highest BCUT2D eigenvalue weighted by Gasteiger charge is 2.12. The van der Waals surface area contributed by atoms with E-state index in [0.717, 1.165) is 0 Å². The van der Waals surface area contributed by atoms with Crippen molar-refractivity contribution in [2.24, 2.45) is 0 Å². The van der Waals surface area contributed by atoms with E-state index >= 15 is 0 Å². The van der Waals surface area contributed by atoms with E-state index in [0.29, 0.717) is 16.3 Å². The number of esters is 1. The molecule has 0 amide bonds. The molecule has 0 aliphatic heterocycles. The third kappa shape index (κ3) is 3.95. The number of rotatable bonds is 5. The summed E-state index contributed by atoms with van der Waals surface area (Å²) >= 11 is 5.88. The second kappa shape index (κ2) is 6.91. The number of carbonyl (C=O) groups is 1. The van der Waals surface area contributed by atoms with Gasteiger partial charge < -0.3 is 9.47 Å². The summed E-state index contributed by atoms with van der Waals surface area (Å²) in [6.45, 7) is 1.33. The number of hydrogen-bond acceptors (Lipinski definition) is 5. The van der Waals surface area contributed by atoms with Crippen molar-refractivity contribution in [3.63, 3.8) is 0 Å². The van der Waals surface area contributed by atoms with Gasteiger partial charge in [-0.25, -0.2) is 4.79 Å². The van der Waals surface area contributed by atoms with Crippen LogP contribution in [0.5, 0.6) is 11.5 Å². The zero-order valence-corrected chi connectivity index (χ0v) is 12.4. The zero-order chi connectivity index (χ0) is 16.1. The number of para-hydroxylation sites is 1. The summed E-state index contributed by atoms with van der Waals surface area (Å²) in [5.41, 5.74) is 0.517. The van der Waals surface area contributed by atoms with Gasteiger partial charge in [-0.1, -0.05) is 23.7 Å². The van der Waals surface area contributed by atoms with Crippen LogP contribution >= 0.6 is 11.6 Å². The first-order valence-corrected chi connectivity index (χ1v) is 6.68. The molecule has 0 heterocycles. The molecule has 0 aromatic heterocycles. The molecular weight excluding hydrogens is 310 g/mol. The van der Waals surface area contributed by atoms with Crippen LogP contribution in [0.25, 0.3) is 0 Å². The molecule has 0 spiro atoms. The van der Waals surface area contributed by atoms with Gasteiger partial charge in [0, 0.05) is 12.1 Å². The van der Waals surface area contributed by atoms with E-state index < -0.39 is 10.9 Å². The largest absolute Gasteiger partial charge is 0.482 e. The van der Waals surface area contributed by atoms with E-state index in [1.165, 1.54) is 18.2 Å². The number of carbonyl (C=O) groups excluding carboxylic acids is 1. The third-order valence-corrected chi connectivity index (χ3v) is 3.09. The van der Waals surface area contributed by atoms with Gasteiger partial charge in [0.1, 0.15) is 11.5 Å². The van der Waals surface area contributed by atoms with Gasteiger partial charge in [-0.3, -0.25) is 10.1 Å². The first kappa shape index (κ1) is 15.8. The number of hydrogen-bond donors (Lipinski definition) is 0. The fourth-order valence-electron chi connectivity index (χ4n) is 1.73. The van der Waals surface area contributed by atoms with E-state index in [4.69, 9.17) is 21.1 Å². The van der Waals surface area contributed by atoms with Gasteiger partial charge in [-0.15, -0.1) is 0 Å². The summed E-state index contributed by atoms with van der Waals surface area (Å²) in [4.78, 5) is 21.9. The average Bonchev–Trinajstić information content (AvgIpc) is 2.48. The first-order valence-electron chi connectivity index (χ1n) is 6.30. The van der Waals surface area contributed by atoms with Gasteiger partial charge >= 0.3 is 5.97 Å². The third-order valence-electron chi connectivity index (χ3n) is 2.78. The Balaban J connectivity index is 1.97.